The van der Waals surface area contributed by atoms with Gasteiger partial charge in [-0.05, 0) is 37.3 Å². The lowest BCUT2D eigenvalue weighted by molar-refractivity contribution is 0.0699. The molecule has 0 bridgehead atoms. The van der Waals surface area contributed by atoms with Gasteiger partial charge in [-0.1, -0.05) is 24.3 Å². The average Bonchev–Trinajstić information content (AvgIpc) is 2.91. The second-order valence-electron chi connectivity index (χ2n) is 5.03. The van der Waals surface area contributed by atoms with Crippen molar-refractivity contribution in [2.24, 2.45) is 0 Å². The third-order valence-electron chi connectivity index (χ3n) is 3.71. The van der Waals surface area contributed by atoms with Crippen LogP contribution in [-0.2, 0) is 13.2 Å². The van der Waals surface area contributed by atoms with Gasteiger partial charge in [0.2, 0.25) is 0 Å². The maximum atomic E-state index is 11.4. The van der Waals surface area contributed by atoms with Crippen molar-refractivity contribution in [1.29, 1.82) is 0 Å². The molecule has 0 fully saturated rings. The van der Waals surface area contributed by atoms with E-state index in [1.807, 2.05) is 49.4 Å². The molecule has 0 saturated heterocycles. The number of rotatable bonds is 5. The number of aryl methyl sites for hydroxylation is 1. The Morgan fingerprint density at radius 1 is 1.14 bits per heavy atom. The van der Waals surface area contributed by atoms with Gasteiger partial charge in [0, 0.05) is 17.4 Å². The monoisotopic (exact) mass is 295 g/mol. The second kappa shape index (κ2) is 5.93. The van der Waals surface area contributed by atoms with Gasteiger partial charge in [-0.3, -0.25) is 0 Å². The van der Waals surface area contributed by atoms with Gasteiger partial charge in [0.25, 0.3) is 0 Å². The summed E-state index contributed by atoms with van der Waals surface area (Å²) in [6, 6.07) is 16.9. The number of carboxylic acids is 1. The standard InChI is InChI=1S/C18H17NO3/c1-2-19-13(12-22-14-7-4-3-5-8-14)11-16-15(18(20)21)9-6-10-17(16)19/h3-11H,2,12H2,1H3,(H,20,21). The molecule has 0 amide bonds. The van der Waals surface area contributed by atoms with Crippen LogP contribution in [0.5, 0.6) is 5.75 Å². The molecule has 2 aromatic carbocycles. The first-order valence-electron chi connectivity index (χ1n) is 7.23. The lowest BCUT2D eigenvalue weighted by atomic mass is 10.1. The SMILES string of the molecule is CCn1c(COc2ccccc2)cc2c(C(=O)O)cccc21. The van der Waals surface area contributed by atoms with Gasteiger partial charge in [-0.25, -0.2) is 4.79 Å². The summed E-state index contributed by atoms with van der Waals surface area (Å²) in [7, 11) is 0. The van der Waals surface area contributed by atoms with Gasteiger partial charge in [0.05, 0.1) is 11.3 Å². The third-order valence-corrected chi connectivity index (χ3v) is 3.71. The van der Waals surface area contributed by atoms with Crippen molar-refractivity contribution in [2.45, 2.75) is 20.1 Å². The molecule has 4 heteroatoms. The maximum Gasteiger partial charge on any atom is 0.336 e. The zero-order valence-electron chi connectivity index (χ0n) is 12.3. The minimum atomic E-state index is -0.908. The highest BCUT2D eigenvalue weighted by atomic mass is 16.5. The Labute approximate surface area is 128 Å². The highest BCUT2D eigenvalue weighted by molar-refractivity contribution is 6.03. The minimum Gasteiger partial charge on any atom is -0.487 e. The second-order valence-corrected chi connectivity index (χ2v) is 5.03. The van der Waals surface area contributed by atoms with E-state index < -0.39 is 5.97 Å². The van der Waals surface area contributed by atoms with Crippen LogP contribution >= 0.6 is 0 Å². The van der Waals surface area contributed by atoms with E-state index in [4.69, 9.17) is 4.74 Å². The number of ether oxygens (including phenoxy) is 1. The summed E-state index contributed by atoms with van der Waals surface area (Å²) in [4.78, 5) is 11.4. The van der Waals surface area contributed by atoms with Crippen molar-refractivity contribution in [1.82, 2.24) is 4.57 Å². The van der Waals surface area contributed by atoms with E-state index in [9.17, 15) is 9.90 Å². The maximum absolute atomic E-state index is 11.4. The van der Waals surface area contributed by atoms with Crippen LogP contribution < -0.4 is 4.74 Å². The molecule has 3 aromatic rings. The molecule has 1 heterocycles. The number of nitrogens with zero attached hydrogens (tertiary/aromatic N) is 1. The van der Waals surface area contributed by atoms with E-state index in [1.165, 1.54) is 0 Å². The van der Waals surface area contributed by atoms with E-state index >= 15 is 0 Å². The summed E-state index contributed by atoms with van der Waals surface area (Å²) in [6.45, 7) is 3.21. The van der Waals surface area contributed by atoms with Gasteiger partial charge >= 0.3 is 5.97 Å². The molecule has 1 N–H and O–H groups in total. The molecule has 0 atom stereocenters. The van der Waals surface area contributed by atoms with Crippen LogP contribution in [0.1, 0.15) is 23.0 Å². The van der Waals surface area contributed by atoms with Crippen LogP contribution in [0.4, 0.5) is 0 Å². The Balaban J connectivity index is 1.99. The van der Waals surface area contributed by atoms with Gasteiger partial charge < -0.3 is 14.4 Å². The average molecular weight is 295 g/mol. The highest BCUT2D eigenvalue weighted by Crippen LogP contribution is 2.25. The fraction of sp³-hybridized carbons (Fsp3) is 0.167. The Bertz CT molecular complexity index is 806. The number of fused-ring (bicyclic) bond motifs is 1. The lowest BCUT2D eigenvalue weighted by Gasteiger charge is -2.09. The number of para-hydroxylation sites is 1. The smallest absolute Gasteiger partial charge is 0.336 e. The number of benzene rings is 2. The van der Waals surface area contributed by atoms with Crippen molar-refractivity contribution in [3.05, 3.63) is 65.9 Å². The van der Waals surface area contributed by atoms with Crippen molar-refractivity contribution in [2.75, 3.05) is 0 Å². The summed E-state index contributed by atoms with van der Waals surface area (Å²) >= 11 is 0. The molecule has 0 aliphatic rings. The van der Waals surface area contributed by atoms with Gasteiger partial charge in [0.15, 0.2) is 0 Å². The zero-order chi connectivity index (χ0) is 15.5. The van der Waals surface area contributed by atoms with E-state index in [2.05, 4.69) is 4.57 Å². The molecule has 0 aliphatic carbocycles. The number of carboxylic acid groups (broad SMARTS) is 1. The molecule has 1 aromatic heterocycles. The van der Waals surface area contributed by atoms with Crippen LogP contribution in [0.2, 0.25) is 0 Å². The van der Waals surface area contributed by atoms with Crippen molar-refractivity contribution in [3.63, 3.8) is 0 Å². The fourth-order valence-electron chi connectivity index (χ4n) is 2.69. The fourth-order valence-corrected chi connectivity index (χ4v) is 2.69. The van der Waals surface area contributed by atoms with Crippen molar-refractivity contribution < 1.29 is 14.6 Å². The molecule has 0 aliphatic heterocycles. The zero-order valence-corrected chi connectivity index (χ0v) is 12.3. The summed E-state index contributed by atoms with van der Waals surface area (Å²) < 4.78 is 7.88. The first kappa shape index (κ1) is 14.2. The predicted molar refractivity (Wildman–Crippen MR) is 85.3 cm³/mol. The summed E-state index contributed by atoms with van der Waals surface area (Å²) in [5, 5.41) is 10.1. The summed E-state index contributed by atoms with van der Waals surface area (Å²) in [5.41, 5.74) is 2.22. The molecule has 0 saturated carbocycles. The Morgan fingerprint density at radius 2 is 1.91 bits per heavy atom. The molecule has 0 radical (unpaired) electrons. The van der Waals surface area contributed by atoms with Crippen LogP contribution in [0, 0.1) is 0 Å². The van der Waals surface area contributed by atoms with E-state index in [0.717, 1.165) is 28.9 Å². The number of aromatic carboxylic acids is 1. The molecular formula is C18H17NO3. The summed E-state index contributed by atoms with van der Waals surface area (Å²) in [6.07, 6.45) is 0. The highest BCUT2D eigenvalue weighted by Gasteiger charge is 2.14. The Kier molecular flexibility index (Phi) is 3.83. The number of carbonyl (C=O) groups is 1. The first-order valence-corrected chi connectivity index (χ1v) is 7.23. The predicted octanol–water partition coefficient (Wildman–Crippen LogP) is 3.94. The van der Waals surface area contributed by atoms with Crippen LogP contribution in [0.3, 0.4) is 0 Å². The Hall–Kier alpha value is -2.75. The molecule has 112 valence electrons. The summed E-state index contributed by atoms with van der Waals surface area (Å²) in [5.74, 6) is -0.108. The van der Waals surface area contributed by atoms with Crippen molar-refractivity contribution in [3.8, 4) is 5.75 Å². The molecule has 0 spiro atoms. The minimum absolute atomic E-state index is 0.325. The van der Waals surface area contributed by atoms with Crippen LogP contribution in [-0.4, -0.2) is 15.6 Å². The molecule has 3 rings (SSSR count). The normalized spacial score (nSPS) is 10.8. The topological polar surface area (TPSA) is 51.5 Å². The van der Waals surface area contributed by atoms with Gasteiger partial charge in [-0.2, -0.15) is 0 Å². The van der Waals surface area contributed by atoms with E-state index in [1.54, 1.807) is 12.1 Å². The largest absolute Gasteiger partial charge is 0.487 e. The van der Waals surface area contributed by atoms with E-state index in [0.29, 0.717) is 12.2 Å². The van der Waals surface area contributed by atoms with Gasteiger partial charge in [-0.15, -0.1) is 0 Å². The molecule has 22 heavy (non-hydrogen) atoms. The quantitative estimate of drug-likeness (QED) is 0.775. The lowest BCUT2D eigenvalue weighted by Crippen LogP contribution is -2.04. The number of aromatic nitrogens is 1. The van der Waals surface area contributed by atoms with Crippen LogP contribution in [0.25, 0.3) is 10.9 Å². The first-order chi connectivity index (χ1) is 10.7. The van der Waals surface area contributed by atoms with E-state index in [-0.39, 0.29) is 0 Å². The molecular weight excluding hydrogens is 278 g/mol. The Morgan fingerprint density at radius 3 is 2.59 bits per heavy atom. The van der Waals surface area contributed by atoms with Gasteiger partial charge in [0.1, 0.15) is 12.4 Å². The van der Waals surface area contributed by atoms with Crippen molar-refractivity contribution >= 4 is 16.9 Å². The molecule has 4 nitrogen and oxygen atoms in total. The third kappa shape index (κ3) is 2.55. The van der Waals surface area contributed by atoms with Crippen LogP contribution in [0.15, 0.2) is 54.6 Å². The molecule has 0 unspecified atom stereocenters. The number of hydrogen-bond acceptors (Lipinski definition) is 2. The number of hydrogen-bond donors (Lipinski definition) is 1.